The highest BCUT2D eigenvalue weighted by molar-refractivity contribution is 5.77. The van der Waals surface area contributed by atoms with Crippen LogP contribution < -0.4 is 5.32 Å². The van der Waals surface area contributed by atoms with E-state index in [0.29, 0.717) is 6.61 Å². The van der Waals surface area contributed by atoms with E-state index in [1.165, 1.54) is 51.9 Å². The van der Waals surface area contributed by atoms with E-state index in [4.69, 9.17) is 9.84 Å². The third kappa shape index (κ3) is 13.5. The lowest BCUT2D eigenvalue weighted by molar-refractivity contribution is -0.128. The molecule has 1 unspecified atom stereocenters. The Morgan fingerprint density at radius 1 is 1.11 bits per heavy atom. The minimum atomic E-state index is -0.802. The number of unbranched alkanes of at least 4 members (excludes halogenated alkanes) is 7. The van der Waals surface area contributed by atoms with Gasteiger partial charge in [-0.15, -0.1) is 0 Å². The minimum Gasteiger partial charge on any atom is -0.374 e. The maximum absolute atomic E-state index is 11.1. The molecule has 0 saturated carbocycles. The summed E-state index contributed by atoms with van der Waals surface area (Å²) in [6.45, 7) is 4.41. The van der Waals surface area contributed by atoms with Gasteiger partial charge in [0.25, 0.3) is 0 Å². The van der Waals surface area contributed by atoms with E-state index in [1.807, 2.05) is 0 Å². The Labute approximate surface area is 111 Å². The second-order valence-corrected chi connectivity index (χ2v) is 4.77. The number of aliphatic hydroxyl groups is 1. The van der Waals surface area contributed by atoms with Gasteiger partial charge < -0.3 is 15.2 Å². The number of aliphatic hydroxyl groups excluding tert-OH is 1. The molecule has 0 aliphatic carbocycles. The van der Waals surface area contributed by atoms with E-state index in [1.54, 1.807) is 0 Å². The Morgan fingerprint density at radius 3 is 2.22 bits per heavy atom. The summed E-state index contributed by atoms with van der Waals surface area (Å²) in [6, 6.07) is 0. The molecular formula is C14H29NO3. The van der Waals surface area contributed by atoms with Crippen LogP contribution in [0.15, 0.2) is 0 Å². The van der Waals surface area contributed by atoms with Crippen LogP contribution in [0.2, 0.25) is 0 Å². The molecule has 4 nitrogen and oxygen atoms in total. The van der Waals surface area contributed by atoms with Crippen molar-refractivity contribution in [2.24, 2.45) is 0 Å². The fourth-order valence-electron chi connectivity index (χ4n) is 1.78. The zero-order chi connectivity index (χ0) is 13.6. The summed E-state index contributed by atoms with van der Waals surface area (Å²) in [7, 11) is 0. The van der Waals surface area contributed by atoms with Gasteiger partial charge >= 0.3 is 0 Å². The van der Waals surface area contributed by atoms with Crippen LogP contribution in [-0.2, 0) is 9.53 Å². The highest BCUT2D eigenvalue weighted by atomic mass is 16.5. The Hall–Kier alpha value is -0.610. The van der Waals surface area contributed by atoms with E-state index in [9.17, 15) is 4.79 Å². The first-order valence-electron chi connectivity index (χ1n) is 7.22. The maximum Gasteiger partial charge on any atom is 0.247 e. The monoisotopic (exact) mass is 259 g/mol. The SMILES string of the molecule is CCCCCCCCCCOCC(=O)NC(C)O. The molecule has 0 bridgehead atoms. The lowest BCUT2D eigenvalue weighted by atomic mass is 10.1. The smallest absolute Gasteiger partial charge is 0.247 e. The molecule has 0 saturated heterocycles. The molecule has 4 heteroatoms. The van der Waals surface area contributed by atoms with E-state index >= 15 is 0 Å². The molecule has 18 heavy (non-hydrogen) atoms. The molecule has 0 aromatic heterocycles. The molecule has 0 fully saturated rings. The first kappa shape index (κ1) is 17.4. The zero-order valence-corrected chi connectivity index (χ0v) is 11.9. The van der Waals surface area contributed by atoms with Crippen LogP contribution in [0.3, 0.4) is 0 Å². The van der Waals surface area contributed by atoms with Crippen LogP contribution in [0.1, 0.15) is 65.2 Å². The molecule has 0 aromatic rings. The fourth-order valence-corrected chi connectivity index (χ4v) is 1.78. The van der Waals surface area contributed by atoms with Crippen LogP contribution >= 0.6 is 0 Å². The van der Waals surface area contributed by atoms with Gasteiger partial charge in [-0.2, -0.15) is 0 Å². The van der Waals surface area contributed by atoms with Crippen molar-refractivity contribution in [2.45, 2.75) is 71.4 Å². The van der Waals surface area contributed by atoms with Crippen LogP contribution in [0.25, 0.3) is 0 Å². The number of amides is 1. The summed E-state index contributed by atoms with van der Waals surface area (Å²) in [5, 5.41) is 11.3. The summed E-state index contributed by atoms with van der Waals surface area (Å²) in [6.07, 6.45) is 9.28. The van der Waals surface area contributed by atoms with Gasteiger partial charge in [0.1, 0.15) is 12.8 Å². The van der Waals surface area contributed by atoms with Crippen molar-refractivity contribution >= 4 is 5.91 Å². The van der Waals surface area contributed by atoms with Crippen LogP contribution in [0.4, 0.5) is 0 Å². The maximum atomic E-state index is 11.1. The third-order valence-electron chi connectivity index (χ3n) is 2.75. The molecule has 0 spiro atoms. The van der Waals surface area contributed by atoms with Gasteiger partial charge in [-0.25, -0.2) is 0 Å². The number of hydrogen-bond acceptors (Lipinski definition) is 3. The van der Waals surface area contributed by atoms with Crippen LogP contribution in [0.5, 0.6) is 0 Å². The molecule has 0 aliphatic rings. The molecule has 0 aromatic carbocycles. The molecule has 0 heterocycles. The second-order valence-electron chi connectivity index (χ2n) is 4.77. The van der Waals surface area contributed by atoms with Gasteiger partial charge in [0.05, 0.1) is 0 Å². The van der Waals surface area contributed by atoms with Crippen molar-refractivity contribution in [2.75, 3.05) is 13.2 Å². The van der Waals surface area contributed by atoms with E-state index < -0.39 is 6.23 Å². The highest BCUT2D eigenvalue weighted by Gasteiger charge is 2.03. The lowest BCUT2D eigenvalue weighted by Gasteiger charge is -2.08. The molecule has 0 rings (SSSR count). The number of ether oxygens (including phenoxy) is 1. The first-order chi connectivity index (χ1) is 8.66. The fraction of sp³-hybridized carbons (Fsp3) is 0.929. The topological polar surface area (TPSA) is 58.6 Å². The zero-order valence-electron chi connectivity index (χ0n) is 11.9. The van der Waals surface area contributed by atoms with Gasteiger partial charge in [-0.1, -0.05) is 51.9 Å². The van der Waals surface area contributed by atoms with Crippen molar-refractivity contribution in [1.29, 1.82) is 0 Å². The van der Waals surface area contributed by atoms with Crippen molar-refractivity contribution in [3.63, 3.8) is 0 Å². The van der Waals surface area contributed by atoms with E-state index in [-0.39, 0.29) is 12.5 Å². The molecular weight excluding hydrogens is 230 g/mol. The van der Waals surface area contributed by atoms with Gasteiger partial charge in [0, 0.05) is 6.61 Å². The summed E-state index contributed by atoms with van der Waals surface area (Å²) in [5.41, 5.74) is 0. The minimum absolute atomic E-state index is 0.0431. The number of hydrogen-bond donors (Lipinski definition) is 2. The van der Waals surface area contributed by atoms with Crippen molar-refractivity contribution in [1.82, 2.24) is 5.32 Å². The second kappa shape index (κ2) is 12.8. The quantitative estimate of drug-likeness (QED) is 0.418. The predicted octanol–water partition coefficient (Wildman–Crippen LogP) is 2.60. The normalized spacial score (nSPS) is 12.4. The third-order valence-corrected chi connectivity index (χ3v) is 2.75. The average Bonchev–Trinajstić information content (AvgIpc) is 2.30. The molecule has 0 aliphatic heterocycles. The molecule has 108 valence electrons. The number of rotatable bonds is 12. The molecule has 1 amide bonds. The van der Waals surface area contributed by atoms with E-state index in [2.05, 4.69) is 12.2 Å². The van der Waals surface area contributed by atoms with Crippen LogP contribution in [0, 0.1) is 0 Å². The Balaban J connectivity index is 3.09. The summed E-state index contributed by atoms with van der Waals surface area (Å²) >= 11 is 0. The highest BCUT2D eigenvalue weighted by Crippen LogP contribution is 2.08. The van der Waals surface area contributed by atoms with E-state index in [0.717, 1.165) is 6.42 Å². The largest absolute Gasteiger partial charge is 0.374 e. The standard InChI is InChI=1S/C14H29NO3/c1-3-4-5-6-7-8-9-10-11-18-12-14(17)15-13(2)16/h13,16H,3-12H2,1-2H3,(H,15,17). The summed E-state index contributed by atoms with van der Waals surface area (Å²) < 4.78 is 5.22. The number of nitrogens with one attached hydrogen (secondary N) is 1. The molecule has 0 radical (unpaired) electrons. The first-order valence-corrected chi connectivity index (χ1v) is 7.22. The number of carbonyl (C=O) groups is 1. The lowest BCUT2D eigenvalue weighted by Crippen LogP contribution is -2.35. The van der Waals surface area contributed by atoms with Gasteiger partial charge in [0.2, 0.25) is 5.91 Å². The summed E-state index contributed by atoms with van der Waals surface area (Å²) in [5.74, 6) is -0.260. The molecule has 2 N–H and O–H groups in total. The number of carbonyl (C=O) groups excluding carboxylic acids is 1. The van der Waals surface area contributed by atoms with Crippen LogP contribution in [-0.4, -0.2) is 30.5 Å². The Morgan fingerprint density at radius 2 is 1.67 bits per heavy atom. The van der Waals surface area contributed by atoms with Gasteiger partial charge in [-0.05, 0) is 13.3 Å². The van der Waals surface area contributed by atoms with Crippen molar-refractivity contribution in [3.05, 3.63) is 0 Å². The van der Waals surface area contributed by atoms with Crippen molar-refractivity contribution in [3.8, 4) is 0 Å². The van der Waals surface area contributed by atoms with Gasteiger partial charge in [0.15, 0.2) is 0 Å². The van der Waals surface area contributed by atoms with Gasteiger partial charge in [-0.3, -0.25) is 4.79 Å². The summed E-state index contributed by atoms with van der Waals surface area (Å²) in [4.78, 5) is 11.1. The Kier molecular flexibility index (Phi) is 12.4. The predicted molar refractivity (Wildman–Crippen MR) is 73.3 cm³/mol. The van der Waals surface area contributed by atoms with Crippen molar-refractivity contribution < 1.29 is 14.6 Å². The Bertz CT molecular complexity index is 195. The average molecular weight is 259 g/mol. The molecule has 1 atom stereocenters.